The van der Waals surface area contributed by atoms with Gasteiger partial charge in [-0.1, -0.05) is 20.8 Å². The third-order valence-electron chi connectivity index (χ3n) is 3.74. The lowest BCUT2D eigenvalue weighted by Crippen LogP contribution is -2.48. The quantitative estimate of drug-likeness (QED) is 0.884. The van der Waals surface area contributed by atoms with E-state index in [2.05, 4.69) is 41.7 Å². The number of carbonyl (C=O) groups is 1. The molecule has 2 rings (SSSR count). The molecule has 1 aromatic rings. The van der Waals surface area contributed by atoms with Crippen LogP contribution in [0.1, 0.15) is 38.2 Å². The van der Waals surface area contributed by atoms with E-state index in [1.165, 1.54) is 0 Å². The smallest absolute Gasteiger partial charge is 0.317 e. The lowest BCUT2D eigenvalue weighted by atomic mass is 10.1. The first-order valence-electron chi connectivity index (χ1n) is 7.56. The number of hydrogen-bond donors (Lipinski definition) is 1. The fourth-order valence-electron chi connectivity index (χ4n) is 2.45. The van der Waals surface area contributed by atoms with Gasteiger partial charge in [0.05, 0.1) is 6.54 Å². The van der Waals surface area contributed by atoms with Gasteiger partial charge in [-0.15, -0.1) is 0 Å². The van der Waals surface area contributed by atoms with Crippen LogP contribution >= 0.6 is 0 Å². The van der Waals surface area contributed by atoms with Gasteiger partial charge in [0, 0.05) is 44.4 Å². The molecule has 1 N–H and O–H groups in total. The summed E-state index contributed by atoms with van der Waals surface area (Å²) in [6.45, 7) is 9.59. The average molecular weight is 292 g/mol. The Morgan fingerprint density at radius 3 is 2.48 bits per heavy atom. The van der Waals surface area contributed by atoms with Crippen LogP contribution in [0.15, 0.2) is 6.07 Å². The van der Waals surface area contributed by atoms with Gasteiger partial charge < -0.3 is 10.0 Å². The molecular weight excluding hydrogens is 268 g/mol. The summed E-state index contributed by atoms with van der Waals surface area (Å²) in [5.41, 5.74) is 1.07. The minimum atomic E-state index is -0.763. The van der Waals surface area contributed by atoms with Gasteiger partial charge in [-0.25, -0.2) is 9.97 Å². The Kier molecular flexibility index (Phi) is 5.12. The van der Waals surface area contributed by atoms with E-state index in [1.54, 1.807) is 0 Å². The molecule has 0 aliphatic carbocycles. The van der Waals surface area contributed by atoms with Crippen LogP contribution in [0, 0.1) is 0 Å². The third-order valence-corrected chi connectivity index (χ3v) is 3.74. The molecule has 0 amide bonds. The van der Waals surface area contributed by atoms with Crippen molar-refractivity contribution >= 4 is 11.8 Å². The zero-order valence-electron chi connectivity index (χ0n) is 13.0. The molecule has 1 aliphatic rings. The van der Waals surface area contributed by atoms with Crippen molar-refractivity contribution in [1.29, 1.82) is 0 Å². The summed E-state index contributed by atoms with van der Waals surface area (Å²) in [6, 6.07) is 2.07. The van der Waals surface area contributed by atoms with Gasteiger partial charge in [0.25, 0.3) is 0 Å². The second-order valence-corrected chi connectivity index (χ2v) is 5.73. The molecule has 0 unspecified atom stereocenters. The second kappa shape index (κ2) is 6.85. The number of rotatable bonds is 5. The van der Waals surface area contributed by atoms with Gasteiger partial charge >= 0.3 is 5.97 Å². The van der Waals surface area contributed by atoms with E-state index < -0.39 is 5.97 Å². The zero-order chi connectivity index (χ0) is 15.4. The fraction of sp³-hybridized carbons (Fsp3) is 0.667. The number of anilines is 1. The summed E-state index contributed by atoms with van der Waals surface area (Å²) in [7, 11) is 0. The van der Waals surface area contributed by atoms with Crippen molar-refractivity contribution in [1.82, 2.24) is 14.9 Å². The van der Waals surface area contributed by atoms with Crippen molar-refractivity contribution in [3.8, 4) is 0 Å². The van der Waals surface area contributed by atoms with E-state index in [-0.39, 0.29) is 6.54 Å². The van der Waals surface area contributed by atoms with Crippen molar-refractivity contribution in [2.45, 2.75) is 33.1 Å². The second-order valence-electron chi connectivity index (χ2n) is 5.73. The maximum atomic E-state index is 10.7. The van der Waals surface area contributed by atoms with E-state index in [0.717, 1.165) is 49.9 Å². The molecule has 0 atom stereocenters. The molecule has 1 aromatic heterocycles. The highest BCUT2D eigenvalue weighted by molar-refractivity contribution is 5.69. The summed E-state index contributed by atoms with van der Waals surface area (Å²) in [5.74, 6) is 1.47. The van der Waals surface area contributed by atoms with Crippen LogP contribution in [0.3, 0.4) is 0 Å². The lowest BCUT2D eigenvalue weighted by molar-refractivity contribution is -0.138. The first-order chi connectivity index (χ1) is 9.99. The van der Waals surface area contributed by atoms with Crippen molar-refractivity contribution in [3.05, 3.63) is 17.6 Å². The zero-order valence-corrected chi connectivity index (χ0v) is 13.0. The number of aliphatic carboxylic acids is 1. The Labute approximate surface area is 125 Å². The predicted molar refractivity (Wildman–Crippen MR) is 81.8 cm³/mol. The van der Waals surface area contributed by atoms with Crippen LogP contribution in [-0.4, -0.2) is 58.7 Å². The SMILES string of the molecule is CCc1nc(C(C)C)cc(N2CCN(CC(=O)O)CC2)n1. The summed E-state index contributed by atoms with van der Waals surface area (Å²) in [6.07, 6.45) is 0.826. The monoisotopic (exact) mass is 292 g/mol. The van der Waals surface area contributed by atoms with Gasteiger partial charge in [0.2, 0.25) is 0 Å². The van der Waals surface area contributed by atoms with Crippen LogP contribution in [0.4, 0.5) is 5.82 Å². The van der Waals surface area contributed by atoms with Crippen LogP contribution in [0.5, 0.6) is 0 Å². The predicted octanol–water partition coefficient (Wildman–Crippen LogP) is 1.37. The van der Waals surface area contributed by atoms with E-state index in [1.807, 2.05) is 4.90 Å². The van der Waals surface area contributed by atoms with E-state index in [9.17, 15) is 4.79 Å². The van der Waals surface area contributed by atoms with Gasteiger partial charge in [0.15, 0.2) is 0 Å². The topological polar surface area (TPSA) is 69.6 Å². The Hall–Kier alpha value is -1.69. The first kappa shape index (κ1) is 15.7. The molecule has 0 spiro atoms. The molecule has 21 heavy (non-hydrogen) atoms. The molecule has 0 radical (unpaired) electrons. The maximum Gasteiger partial charge on any atom is 0.317 e. The van der Waals surface area contributed by atoms with Crippen molar-refractivity contribution < 1.29 is 9.90 Å². The number of carboxylic acids is 1. The molecule has 116 valence electrons. The molecular formula is C15H24N4O2. The highest BCUT2D eigenvalue weighted by atomic mass is 16.4. The maximum absolute atomic E-state index is 10.7. The summed E-state index contributed by atoms with van der Waals surface area (Å²) < 4.78 is 0. The molecule has 6 nitrogen and oxygen atoms in total. The van der Waals surface area contributed by atoms with Crippen LogP contribution < -0.4 is 4.90 Å². The van der Waals surface area contributed by atoms with Crippen LogP contribution in [0.25, 0.3) is 0 Å². The van der Waals surface area contributed by atoms with Crippen molar-refractivity contribution in [2.75, 3.05) is 37.6 Å². The molecule has 2 heterocycles. The molecule has 0 aromatic carbocycles. The summed E-state index contributed by atoms with van der Waals surface area (Å²) >= 11 is 0. The summed E-state index contributed by atoms with van der Waals surface area (Å²) in [4.78, 5) is 24.1. The van der Waals surface area contributed by atoms with E-state index >= 15 is 0 Å². The fourth-order valence-corrected chi connectivity index (χ4v) is 2.45. The minimum Gasteiger partial charge on any atom is -0.480 e. The Morgan fingerprint density at radius 2 is 1.95 bits per heavy atom. The van der Waals surface area contributed by atoms with E-state index in [0.29, 0.717) is 5.92 Å². The van der Waals surface area contributed by atoms with Gasteiger partial charge in [-0.05, 0) is 5.92 Å². The molecule has 0 bridgehead atoms. The highest BCUT2D eigenvalue weighted by Crippen LogP contribution is 2.20. The van der Waals surface area contributed by atoms with Gasteiger partial charge in [-0.2, -0.15) is 0 Å². The third kappa shape index (κ3) is 4.14. The Bertz CT molecular complexity index is 496. The van der Waals surface area contributed by atoms with Gasteiger partial charge in [-0.3, -0.25) is 9.69 Å². The molecule has 1 saturated heterocycles. The Balaban J connectivity index is 2.09. The first-order valence-corrected chi connectivity index (χ1v) is 7.56. The van der Waals surface area contributed by atoms with E-state index in [4.69, 9.17) is 5.11 Å². The molecule has 1 aliphatic heterocycles. The molecule has 6 heteroatoms. The number of nitrogens with zero attached hydrogens (tertiary/aromatic N) is 4. The van der Waals surface area contributed by atoms with Crippen molar-refractivity contribution in [3.63, 3.8) is 0 Å². The number of aryl methyl sites for hydroxylation is 1. The van der Waals surface area contributed by atoms with Gasteiger partial charge in [0.1, 0.15) is 11.6 Å². The van der Waals surface area contributed by atoms with Crippen LogP contribution in [0.2, 0.25) is 0 Å². The summed E-state index contributed by atoms with van der Waals surface area (Å²) in [5, 5.41) is 8.84. The molecule has 1 fully saturated rings. The molecule has 0 saturated carbocycles. The van der Waals surface area contributed by atoms with Crippen LogP contribution in [-0.2, 0) is 11.2 Å². The Morgan fingerprint density at radius 1 is 1.29 bits per heavy atom. The number of carboxylic acid groups (broad SMARTS) is 1. The number of aromatic nitrogens is 2. The minimum absolute atomic E-state index is 0.120. The average Bonchev–Trinajstić information content (AvgIpc) is 2.46. The highest BCUT2D eigenvalue weighted by Gasteiger charge is 2.20. The standard InChI is InChI=1S/C15H24N4O2/c1-4-13-16-12(11(2)3)9-14(17-13)19-7-5-18(6-8-19)10-15(20)21/h9,11H,4-8,10H2,1-3H3,(H,20,21). The number of hydrogen-bond acceptors (Lipinski definition) is 5. The normalized spacial score (nSPS) is 16.5. The largest absolute Gasteiger partial charge is 0.480 e. The number of piperazine rings is 1. The van der Waals surface area contributed by atoms with Crippen molar-refractivity contribution in [2.24, 2.45) is 0 Å². The lowest BCUT2D eigenvalue weighted by Gasteiger charge is -2.34.